The van der Waals surface area contributed by atoms with Crippen molar-refractivity contribution in [3.05, 3.63) is 42.0 Å². The van der Waals surface area contributed by atoms with Gasteiger partial charge in [0.1, 0.15) is 0 Å². The van der Waals surface area contributed by atoms with E-state index in [-0.39, 0.29) is 12.5 Å². The molecule has 2 aromatic rings. The van der Waals surface area contributed by atoms with Crippen LogP contribution in [-0.4, -0.2) is 25.0 Å². The summed E-state index contributed by atoms with van der Waals surface area (Å²) in [6.45, 7) is 4.47. The Morgan fingerprint density at radius 2 is 1.86 bits per heavy atom. The highest BCUT2D eigenvalue weighted by Gasteiger charge is 2.42. The Bertz CT molecular complexity index is 723. The number of hydrogen-bond donors (Lipinski definition) is 0. The minimum absolute atomic E-state index is 0.193. The molecule has 0 saturated carbocycles. The van der Waals surface area contributed by atoms with E-state index in [4.69, 9.17) is 4.74 Å². The fourth-order valence-corrected chi connectivity index (χ4v) is 2.90. The number of carbonyl (C=O) groups is 2. The molecule has 0 fully saturated rings. The Hall–Kier alpha value is -2.36. The van der Waals surface area contributed by atoms with E-state index in [9.17, 15) is 9.59 Å². The van der Waals surface area contributed by atoms with E-state index in [1.807, 2.05) is 43.3 Å². The predicted octanol–water partition coefficient (Wildman–Crippen LogP) is 2.85. The van der Waals surface area contributed by atoms with Gasteiger partial charge in [-0.3, -0.25) is 9.59 Å². The second-order valence-corrected chi connectivity index (χ2v) is 5.03. The van der Waals surface area contributed by atoms with Crippen molar-refractivity contribution in [2.75, 3.05) is 18.1 Å². The summed E-state index contributed by atoms with van der Waals surface area (Å²) in [4.78, 5) is 26.3. The molecule has 1 atom stereocenters. The molecule has 1 aliphatic heterocycles. The number of amides is 1. The molecule has 3 rings (SSSR count). The summed E-state index contributed by atoms with van der Waals surface area (Å²) in [5, 5.41) is 2.09. The number of fused-ring (bicyclic) bond motifs is 2. The lowest BCUT2D eigenvalue weighted by molar-refractivity contribution is -0.147. The van der Waals surface area contributed by atoms with E-state index >= 15 is 0 Å². The second kappa shape index (κ2) is 5.20. The molecular formula is C17H17NO3. The fourth-order valence-electron chi connectivity index (χ4n) is 2.90. The van der Waals surface area contributed by atoms with E-state index in [0.717, 1.165) is 22.0 Å². The van der Waals surface area contributed by atoms with Crippen molar-refractivity contribution < 1.29 is 14.3 Å². The van der Waals surface area contributed by atoms with Gasteiger partial charge in [0.2, 0.25) is 5.91 Å². The van der Waals surface area contributed by atoms with Crippen LogP contribution in [0.1, 0.15) is 25.3 Å². The molecule has 0 aromatic heterocycles. The van der Waals surface area contributed by atoms with E-state index in [0.29, 0.717) is 6.54 Å². The zero-order valence-corrected chi connectivity index (χ0v) is 12.1. The van der Waals surface area contributed by atoms with Crippen LogP contribution in [0, 0.1) is 0 Å². The lowest BCUT2D eigenvalue weighted by Crippen LogP contribution is -2.32. The number of rotatable bonds is 3. The van der Waals surface area contributed by atoms with E-state index in [2.05, 4.69) is 0 Å². The summed E-state index contributed by atoms with van der Waals surface area (Å²) >= 11 is 0. The molecular weight excluding hydrogens is 266 g/mol. The first-order chi connectivity index (χ1) is 10.2. The van der Waals surface area contributed by atoms with Crippen LogP contribution < -0.4 is 4.90 Å². The van der Waals surface area contributed by atoms with Crippen LogP contribution in [0.5, 0.6) is 0 Å². The van der Waals surface area contributed by atoms with Crippen molar-refractivity contribution in [2.45, 2.75) is 19.8 Å². The minimum Gasteiger partial charge on any atom is -0.465 e. The van der Waals surface area contributed by atoms with Crippen molar-refractivity contribution in [3.8, 4) is 0 Å². The highest BCUT2D eigenvalue weighted by molar-refractivity contribution is 6.17. The van der Waals surface area contributed by atoms with Gasteiger partial charge in [-0.25, -0.2) is 0 Å². The average Bonchev–Trinajstić information content (AvgIpc) is 2.75. The van der Waals surface area contributed by atoms with Gasteiger partial charge in [0.25, 0.3) is 0 Å². The number of ether oxygens (including phenoxy) is 1. The van der Waals surface area contributed by atoms with Crippen LogP contribution in [-0.2, 0) is 14.3 Å². The van der Waals surface area contributed by atoms with Crippen molar-refractivity contribution in [1.29, 1.82) is 0 Å². The van der Waals surface area contributed by atoms with Gasteiger partial charge in [0, 0.05) is 17.8 Å². The highest BCUT2D eigenvalue weighted by atomic mass is 16.5. The maximum Gasteiger partial charge on any atom is 0.323 e. The first-order valence-corrected chi connectivity index (χ1v) is 7.18. The molecule has 1 aliphatic rings. The maximum absolute atomic E-state index is 12.5. The van der Waals surface area contributed by atoms with Crippen molar-refractivity contribution in [2.24, 2.45) is 0 Å². The van der Waals surface area contributed by atoms with E-state index < -0.39 is 11.9 Å². The SMILES string of the molecule is CCOC(=O)C1C(=O)N(CC)c2cc3ccccc3cc21. The quantitative estimate of drug-likeness (QED) is 0.643. The third-order valence-corrected chi connectivity index (χ3v) is 3.85. The highest BCUT2D eigenvalue weighted by Crippen LogP contribution is 2.40. The van der Waals surface area contributed by atoms with Crippen molar-refractivity contribution in [3.63, 3.8) is 0 Å². The fraction of sp³-hybridized carbons (Fsp3) is 0.294. The Balaban J connectivity index is 2.18. The molecule has 0 bridgehead atoms. The van der Waals surface area contributed by atoms with E-state index in [1.54, 1.807) is 11.8 Å². The molecule has 4 heteroatoms. The number of likely N-dealkylation sites (N-methyl/N-ethyl adjacent to an activating group) is 1. The summed E-state index contributed by atoms with van der Waals surface area (Å²) in [6.07, 6.45) is 0. The van der Waals surface area contributed by atoms with Crippen LogP contribution in [0.2, 0.25) is 0 Å². The van der Waals surface area contributed by atoms with E-state index in [1.165, 1.54) is 0 Å². The molecule has 2 aromatic carbocycles. The van der Waals surface area contributed by atoms with Crippen molar-refractivity contribution >= 4 is 28.3 Å². The first kappa shape index (κ1) is 13.6. The van der Waals surface area contributed by atoms with Gasteiger partial charge in [-0.1, -0.05) is 24.3 Å². The largest absolute Gasteiger partial charge is 0.465 e. The number of benzene rings is 2. The lowest BCUT2D eigenvalue weighted by atomic mass is 9.97. The predicted molar refractivity (Wildman–Crippen MR) is 81.3 cm³/mol. The molecule has 0 saturated heterocycles. The summed E-state index contributed by atoms with van der Waals surface area (Å²) in [7, 11) is 0. The standard InChI is InChI=1S/C17H17NO3/c1-3-18-14-10-12-8-6-5-7-11(12)9-13(14)15(16(18)19)17(20)21-4-2/h5-10,15H,3-4H2,1-2H3. The molecule has 108 valence electrons. The topological polar surface area (TPSA) is 46.6 Å². The molecule has 0 aliphatic carbocycles. The van der Waals surface area contributed by atoms with Gasteiger partial charge in [-0.2, -0.15) is 0 Å². The summed E-state index contributed by atoms with van der Waals surface area (Å²) < 4.78 is 5.07. The Kier molecular flexibility index (Phi) is 3.37. The zero-order valence-electron chi connectivity index (χ0n) is 12.1. The maximum atomic E-state index is 12.5. The average molecular weight is 283 g/mol. The number of nitrogens with zero attached hydrogens (tertiary/aromatic N) is 1. The van der Waals surface area contributed by atoms with Crippen LogP contribution in [0.25, 0.3) is 10.8 Å². The van der Waals surface area contributed by atoms with Gasteiger partial charge < -0.3 is 9.64 Å². The smallest absolute Gasteiger partial charge is 0.323 e. The molecule has 0 radical (unpaired) electrons. The van der Waals surface area contributed by atoms with Crippen LogP contribution in [0.15, 0.2) is 36.4 Å². The lowest BCUT2D eigenvalue weighted by Gasteiger charge is -2.15. The molecule has 4 nitrogen and oxygen atoms in total. The van der Waals surface area contributed by atoms with Gasteiger partial charge in [-0.05, 0) is 36.8 Å². The van der Waals surface area contributed by atoms with Gasteiger partial charge in [0.15, 0.2) is 5.92 Å². The monoisotopic (exact) mass is 283 g/mol. The summed E-state index contributed by atoms with van der Waals surface area (Å²) in [6, 6.07) is 11.8. The summed E-state index contributed by atoms with van der Waals surface area (Å²) in [5.41, 5.74) is 1.57. The first-order valence-electron chi connectivity index (χ1n) is 7.18. The van der Waals surface area contributed by atoms with Gasteiger partial charge in [-0.15, -0.1) is 0 Å². The van der Waals surface area contributed by atoms with Gasteiger partial charge >= 0.3 is 5.97 Å². The number of anilines is 1. The van der Waals surface area contributed by atoms with Crippen LogP contribution in [0.4, 0.5) is 5.69 Å². The zero-order chi connectivity index (χ0) is 15.0. The number of hydrogen-bond acceptors (Lipinski definition) is 3. The molecule has 1 amide bonds. The third kappa shape index (κ3) is 2.07. The molecule has 0 N–H and O–H groups in total. The van der Waals surface area contributed by atoms with Gasteiger partial charge in [0.05, 0.1) is 6.61 Å². The minimum atomic E-state index is -0.829. The molecule has 1 unspecified atom stereocenters. The third-order valence-electron chi connectivity index (χ3n) is 3.85. The van der Waals surface area contributed by atoms with Crippen molar-refractivity contribution in [1.82, 2.24) is 0 Å². The Labute approximate surface area is 123 Å². The molecule has 1 heterocycles. The summed E-state index contributed by atoms with van der Waals surface area (Å²) in [5.74, 6) is -1.49. The number of esters is 1. The number of carbonyl (C=O) groups excluding carboxylic acids is 2. The molecule has 21 heavy (non-hydrogen) atoms. The second-order valence-electron chi connectivity index (χ2n) is 5.03. The Morgan fingerprint density at radius 1 is 1.19 bits per heavy atom. The molecule has 0 spiro atoms. The van der Waals surface area contributed by atoms with Crippen LogP contribution in [0.3, 0.4) is 0 Å². The normalized spacial score (nSPS) is 17.1. The Morgan fingerprint density at radius 3 is 2.48 bits per heavy atom. The van der Waals surface area contributed by atoms with Crippen LogP contribution >= 0.6 is 0 Å².